The molecule has 0 atom stereocenters. The molecular weight excluding hydrogens is 288 g/mol. The summed E-state index contributed by atoms with van der Waals surface area (Å²) in [5.41, 5.74) is 4.73. The van der Waals surface area contributed by atoms with Gasteiger partial charge in [-0.05, 0) is 75.4 Å². The van der Waals surface area contributed by atoms with E-state index in [1.54, 1.807) is 4.57 Å². The number of nitrogens with one attached hydrogen (secondary N) is 1. The zero-order valence-corrected chi connectivity index (χ0v) is 14.1. The number of carbonyl (C=O) groups excluding carboxylic acids is 1. The van der Waals surface area contributed by atoms with Gasteiger partial charge in [0.25, 0.3) is 11.5 Å². The molecule has 3 rings (SSSR count). The minimum Gasteiger partial charge on any atom is -0.322 e. The average Bonchev–Trinajstić information content (AvgIpc) is 3.27. The van der Waals surface area contributed by atoms with E-state index in [4.69, 9.17) is 0 Å². The summed E-state index contributed by atoms with van der Waals surface area (Å²) in [6.45, 7) is 7.78. The Labute approximate surface area is 136 Å². The second-order valence-corrected chi connectivity index (χ2v) is 6.50. The van der Waals surface area contributed by atoms with Crippen LogP contribution in [0, 0.1) is 27.7 Å². The van der Waals surface area contributed by atoms with Crippen LogP contribution < -0.4 is 10.9 Å². The summed E-state index contributed by atoms with van der Waals surface area (Å²) in [6.07, 6.45) is 2.03. The molecule has 0 radical (unpaired) electrons. The maximum Gasteiger partial charge on any atom is 0.264 e. The first-order chi connectivity index (χ1) is 10.9. The number of aromatic nitrogens is 1. The van der Waals surface area contributed by atoms with Gasteiger partial charge in [-0.1, -0.05) is 6.07 Å². The van der Waals surface area contributed by atoms with Gasteiger partial charge in [0.15, 0.2) is 0 Å². The number of hydrogen-bond donors (Lipinski definition) is 1. The molecule has 120 valence electrons. The SMILES string of the molecule is Cc1ccc(NC(=O)c2c(C)cc(C)n(C3CC3)c2=O)cc1C. The molecule has 2 aromatic rings. The molecule has 1 aromatic heterocycles. The van der Waals surface area contributed by atoms with Gasteiger partial charge in [-0.3, -0.25) is 9.59 Å². The Morgan fingerprint density at radius 2 is 1.74 bits per heavy atom. The van der Waals surface area contributed by atoms with Crippen LogP contribution in [0.5, 0.6) is 0 Å². The van der Waals surface area contributed by atoms with Crippen LogP contribution in [0.2, 0.25) is 0 Å². The monoisotopic (exact) mass is 310 g/mol. The number of carbonyl (C=O) groups is 1. The van der Waals surface area contributed by atoms with E-state index in [1.165, 1.54) is 5.56 Å². The average molecular weight is 310 g/mol. The minimum atomic E-state index is -0.329. The zero-order chi connectivity index (χ0) is 16.7. The van der Waals surface area contributed by atoms with Gasteiger partial charge in [0.1, 0.15) is 5.56 Å². The van der Waals surface area contributed by atoms with Crippen molar-refractivity contribution in [3.8, 4) is 0 Å². The van der Waals surface area contributed by atoms with Gasteiger partial charge >= 0.3 is 0 Å². The highest BCUT2D eigenvalue weighted by atomic mass is 16.2. The third kappa shape index (κ3) is 2.93. The number of benzene rings is 1. The van der Waals surface area contributed by atoms with Crippen molar-refractivity contribution >= 4 is 11.6 Å². The minimum absolute atomic E-state index is 0.175. The summed E-state index contributed by atoms with van der Waals surface area (Å²) in [4.78, 5) is 25.4. The number of pyridine rings is 1. The van der Waals surface area contributed by atoms with E-state index in [1.807, 2.05) is 52.0 Å². The molecule has 23 heavy (non-hydrogen) atoms. The highest BCUT2D eigenvalue weighted by Gasteiger charge is 2.28. The lowest BCUT2D eigenvalue weighted by Gasteiger charge is -2.14. The van der Waals surface area contributed by atoms with Crippen LogP contribution in [0.25, 0.3) is 0 Å². The molecule has 1 aromatic carbocycles. The van der Waals surface area contributed by atoms with E-state index in [0.29, 0.717) is 0 Å². The maximum absolute atomic E-state index is 12.7. The van der Waals surface area contributed by atoms with Gasteiger partial charge in [-0.15, -0.1) is 0 Å². The molecule has 1 heterocycles. The van der Waals surface area contributed by atoms with Crippen molar-refractivity contribution in [1.82, 2.24) is 4.57 Å². The number of anilines is 1. The van der Waals surface area contributed by atoms with Crippen molar-refractivity contribution in [1.29, 1.82) is 0 Å². The summed E-state index contributed by atoms with van der Waals surface area (Å²) in [5, 5.41) is 2.86. The topological polar surface area (TPSA) is 51.1 Å². The molecular formula is C19H22N2O2. The first-order valence-corrected chi connectivity index (χ1v) is 8.00. The van der Waals surface area contributed by atoms with Crippen molar-refractivity contribution in [2.45, 2.75) is 46.6 Å². The van der Waals surface area contributed by atoms with Crippen molar-refractivity contribution in [2.75, 3.05) is 5.32 Å². The van der Waals surface area contributed by atoms with Crippen LogP contribution in [0.4, 0.5) is 5.69 Å². The number of rotatable bonds is 3. The van der Waals surface area contributed by atoms with Crippen molar-refractivity contribution in [3.63, 3.8) is 0 Å². The number of aryl methyl sites for hydroxylation is 4. The van der Waals surface area contributed by atoms with E-state index >= 15 is 0 Å². The van der Waals surface area contributed by atoms with E-state index < -0.39 is 0 Å². The molecule has 0 saturated heterocycles. The second kappa shape index (κ2) is 5.69. The van der Waals surface area contributed by atoms with Crippen LogP contribution in [0.1, 0.15) is 51.6 Å². The Balaban J connectivity index is 1.97. The zero-order valence-electron chi connectivity index (χ0n) is 14.1. The largest absolute Gasteiger partial charge is 0.322 e. The fraction of sp³-hybridized carbons (Fsp3) is 0.368. The molecule has 1 N–H and O–H groups in total. The van der Waals surface area contributed by atoms with Gasteiger partial charge in [-0.2, -0.15) is 0 Å². The quantitative estimate of drug-likeness (QED) is 0.940. The van der Waals surface area contributed by atoms with Gasteiger partial charge in [0, 0.05) is 17.4 Å². The highest BCUT2D eigenvalue weighted by molar-refractivity contribution is 6.05. The smallest absolute Gasteiger partial charge is 0.264 e. The third-order valence-electron chi connectivity index (χ3n) is 4.54. The number of amides is 1. The molecule has 1 fully saturated rings. The fourth-order valence-electron chi connectivity index (χ4n) is 2.98. The summed E-state index contributed by atoms with van der Waals surface area (Å²) in [6, 6.07) is 7.94. The summed E-state index contributed by atoms with van der Waals surface area (Å²) < 4.78 is 1.77. The Morgan fingerprint density at radius 1 is 1.04 bits per heavy atom. The normalized spacial score (nSPS) is 13.9. The van der Waals surface area contributed by atoms with Crippen LogP contribution in [0.3, 0.4) is 0 Å². The Bertz CT molecular complexity index is 845. The Kier molecular flexibility index (Phi) is 3.84. The van der Waals surface area contributed by atoms with E-state index in [-0.39, 0.29) is 23.1 Å². The molecule has 1 aliphatic carbocycles. The molecule has 0 bridgehead atoms. The lowest BCUT2D eigenvalue weighted by molar-refractivity contribution is 0.102. The predicted molar refractivity (Wildman–Crippen MR) is 92.3 cm³/mol. The van der Waals surface area contributed by atoms with Gasteiger partial charge in [0.2, 0.25) is 0 Å². The van der Waals surface area contributed by atoms with E-state index in [2.05, 4.69) is 5.32 Å². The second-order valence-electron chi connectivity index (χ2n) is 6.50. The first kappa shape index (κ1) is 15.5. The molecule has 1 aliphatic rings. The van der Waals surface area contributed by atoms with Gasteiger partial charge in [0.05, 0.1) is 0 Å². The van der Waals surface area contributed by atoms with Crippen molar-refractivity contribution < 1.29 is 4.79 Å². The molecule has 1 amide bonds. The molecule has 4 nitrogen and oxygen atoms in total. The van der Waals surface area contributed by atoms with Gasteiger partial charge in [-0.25, -0.2) is 0 Å². The van der Waals surface area contributed by atoms with Crippen LogP contribution in [-0.4, -0.2) is 10.5 Å². The van der Waals surface area contributed by atoms with Crippen LogP contribution >= 0.6 is 0 Å². The van der Waals surface area contributed by atoms with Crippen molar-refractivity contribution in [2.24, 2.45) is 0 Å². The fourth-order valence-corrected chi connectivity index (χ4v) is 2.98. The number of hydrogen-bond acceptors (Lipinski definition) is 2. The van der Waals surface area contributed by atoms with Gasteiger partial charge < -0.3 is 9.88 Å². The Hall–Kier alpha value is -2.36. The summed E-state index contributed by atoms with van der Waals surface area (Å²) >= 11 is 0. The lowest BCUT2D eigenvalue weighted by atomic mass is 10.1. The first-order valence-electron chi connectivity index (χ1n) is 8.00. The standard InChI is InChI=1S/C19H22N2O2/c1-11-5-6-15(10-12(11)2)20-18(22)17-13(3)9-14(4)21(19(17)23)16-7-8-16/h5-6,9-10,16H,7-8H2,1-4H3,(H,20,22). The summed E-state index contributed by atoms with van der Waals surface area (Å²) in [7, 11) is 0. The molecule has 4 heteroatoms. The molecule has 0 aliphatic heterocycles. The summed E-state index contributed by atoms with van der Waals surface area (Å²) in [5.74, 6) is -0.329. The lowest BCUT2D eigenvalue weighted by Crippen LogP contribution is -2.31. The molecule has 1 saturated carbocycles. The van der Waals surface area contributed by atoms with E-state index in [0.717, 1.165) is 35.3 Å². The van der Waals surface area contributed by atoms with Crippen LogP contribution in [-0.2, 0) is 0 Å². The van der Waals surface area contributed by atoms with E-state index in [9.17, 15) is 9.59 Å². The molecule has 0 spiro atoms. The number of nitrogens with zero attached hydrogens (tertiary/aromatic N) is 1. The maximum atomic E-state index is 12.7. The van der Waals surface area contributed by atoms with Crippen molar-refractivity contribution in [3.05, 3.63) is 62.6 Å². The Morgan fingerprint density at radius 3 is 2.35 bits per heavy atom. The third-order valence-corrected chi connectivity index (χ3v) is 4.54. The van der Waals surface area contributed by atoms with Crippen LogP contribution in [0.15, 0.2) is 29.1 Å². The molecule has 0 unspecified atom stereocenters. The predicted octanol–water partition coefficient (Wildman–Crippen LogP) is 3.67. The highest BCUT2D eigenvalue weighted by Crippen LogP contribution is 2.34.